The summed E-state index contributed by atoms with van der Waals surface area (Å²) >= 11 is 1.62. The average Bonchev–Trinajstić information content (AvgIpc) is 3.10. The van der Waals surface area contributed by atoms with Gasteiger partial charge in [0.1, 0.15) is 0 Å². The Bertz CT molecular complexity index is 719. The fourth-order valence-corrected chi connectivity index (χ4v) is 4.17. The van der Waals surface area contributed by atoms with Crippen molar-refractivity contribution < 1.29 is 13.2 Å². The van der Waals surface area contributed by atoms with Crippen LogP contribution in [0.15, 0.2) is 36.4 Å². The fourth-order valence-electron chi connectivity index (χ4n) is 3.21. The van der Waals surface area contributed by atoms with Crippen molar-refractivity contribution in [2.45, 2.75) is 25.7 Å². The molecule has 27 heavy (non-hydrogen) atoms. The highest BCUT2D eigenvalue weighted by Gasteiger charge is 2.30. The molecule has 0 saturated carbocycles. The van der Waals surface area contributed by atoms with Crippen molar-refractivity contribution in [2.24, 2.45) is 0 Å². The summed E-state index contributed by atoms with van der Waals surface area (Å²) in [7, 11) is 2.16. The molecule has 7 heteroatoms. The minimum Gasteiger partial charge on any atom is -0.308 e. The molecule has 1 N–H and O–H groups in total. The summed E-state index contributed by atoms with van der Waals surface area (Å²) in [4.78, 5) is 7.02. The second kappa shape index (κ2) is 8.73. The SMILES string of the molecule is CC(CN1CCN(C)CC1)NCc1ccc(-c2ccc(C(F)(F)F)cc2)s1. The molecule has 1 fully saturated rings. The first-order chi connectivity index (χ1) is 12.8. The van der Waals surface area contributed by atoms with Crippen LogP contribution >= 0.6 is 11.3 Å². The Kier molecular flexibility index (Phi) is 6.57. The predicted molar refractivity (Wildman–Crippen MR) is 105 cm³/mol. The van der Waals surface area contributed by atoms with Crippen LogP contribution in [0.1, 0.15) is 17.4 Å². The van der Waals surface area contributed by atoms with Crippen LogP contribution < -0.4 is 5.32 Å². The maximum Gasteiger partial charge on any atom is 0.416 e. The van der Waals surface area contributed by atoms with Gasteiger partial charge in [-0.15, -0.1) is 11.3 Å². The molecule has 2 heterocycles. The van der Waals surface area contributed by atoms with Crippen molar-refractivity contribution in [2.75, 3.05) is 39.8 Å². The summed E-state index contributed by atoms with van der Waals surface area (Å²) in [5.74, 6) is 0. The van der Waals surface area contributed by atoms with Gasteiger partial charge in [0.2, 0.25) is 0 Å². The summed E-state index contributed by atoms with van der Waals surface area (Å²) in [6, 6.07) is 9.80. The molecule has 148 valence electrons. The van der Waals surface area contributed by atoms with Crippen LogP contribution in [0.5, 0.6) is 0 Å². The number of benzene rings is 1. The minimum absolute atomic E-state index is 0.394. The van der Waals surface area contributed by atoms with Gasteiger partial charge in [-0.2, -0.15) is 13.2 Å². The van der Waals surface area contributed by atoms with E-state index < -0.39 is 11.7 Å². The average molecular weight is 398 g/mol. The van der Waals surface area contributed by atoms with Crippen molar-refractivity contribution in [3.8, 4) is 10.4 Å². The third-order valence-corrected chi connectivity index (χ3v) is 6.05. The molecule has 1 unspecified atom stereocenters. The van der Waals surface area contributed by atoms with Crippen LogP contribution in [-0.2, 0) is 12.7 Å². The number of nitrogens with zero attached hydrogens (tertiary/aromatic N) is 2. The normalized spacial score (nSPS) is 18.0. The summed E-state index contributed by atoms with van der Waals surface area (Å²) in [5, 5.41) is 3.56. The first-order valence-corrected chi connectivity index (χ1v) is 10.0. The number of nitrogens with one attached hydrogen (secondary N) is 1. The number of rotatable bonds is 6. The summed E-state index contributed by atoms with van der Waals surface area (Å²) in [6.07, 6.45) is -4.29. The molecule has 1 aromatic heterocycles. The summed E-state index contributed by atoms with van der Waals surface area (Å²) < 4.78 is 38.0. The van der Waals surface area contributed by atoms with Crippen molar-refractivity contribution in [1.82, 2.24) is 15.1 Å². The van der Waals surface area contributed by atoms with E-state index in [2.05, 4.69) is 29.1 Å². The van der Waals surface area contributed by atoms with E-state index >= 15 is 0 Å². The molecule has 1 atom stereocenters. The van der Waals surface area contributed by atoms with Crippen LogP contribution in [0.3, 0.4) is 0 Å². The molecular formula is C20H26F3N3S. The Hall–Kier alpha value is -1.41. The minimum atomic E-state index is -4.29. The molecule has 0 radical (unpaired) electrons. The van der Waals surface area contributed by atoms with E-state index in [1.807, 2.05) is 12.1 Å². The first-order valence-electron chi connectivity index (χ1n) is 9.22. The second-order valence-corrected chi connectivity index (χ2v) is 8.40. The molecule has 1 saturated heterocycles. The maximum atomic E-state index is 12.7. The van der Waals surface area contributed by atoms with E-state index in [4.69, 9.17) is 0 Å². The van der Waals surface area contributed by atoms with Crippen LogP contribution in [0.25, 0.3) is 10.4 Å². The van der Waals surface area contributed by atoms with Gasteiger partial charge >= 0.3 is 6.18 Å². The summed E-state index contributed by atoms with van der Waals surface area (Å²) in [5.41, 5.74) is 0.215. The topological polar surface area (TPSA) is 18.5 Å². The van der Waals surface area contributed by atoms with Crippen LogP contribution in [0.4, 0.5) is 13.2 Å². The van der Waals surface area contributed by atoms with Crippen LogP contribution in [-0.4, -0.2) is 55.6 Å². The largest absolute Gasteiger partial charge is 0.416 e. The zero-order valence-electron chi connectivity index (χ0n) is 15.7. The van der Waals surface area contributed by atoms with Gasteiger partial charge in [-0.1, -0.05) is 12.1 Å². The Morgan fingerprint density at radius 1 is 1.04 bits per heavy atom. The lowest BCUT2D eigenvalue weighted by atomic mass is 10.1. The Labute approximate surface area is 162 Å². The van der Waals surface area contributed by atoms with Crippen molar-refractivity contribution in [3.63, 3.8) is 0 Å². The van der Waals surface area contributed by atoms with Gasteiger partial charge < -0.3 is 10.2 Å². The lowest BCUT2D eigenvalue weighted by Gasteiger charge is -2.34. The number of likely N-dealkylation sites (N-methyl/N-ethyl adjacent to an activating group) is 1. The van der Waals surface area contributed by atoms with E-state index in [9.17, 15) is 13.2 Å². The molecule has 1 aliphatic heterocycles. The van der Waals surface area contributed by atoms with E-state index in [0.29, 0.717) is 6.04 Å². The smallest absolute Gasteiger partial charge is 0.308 e. The van der Waals surface area contributed by atoms with Crippen LogP contribution in [0.2, 0.25) is 0 Å². The molecule has 3 rings (SSSR count). The molecule has 2 aromatic rings. The lowest BCUT2D eigenvalue weighted by molar-refractivity contribution is -0.137. The molecule has 3 nitrogen and oxygen atoms in total. The van der Waals surface area contributed by atoms with Gasteiger partial charge in [-0.05, 0) is 43.8 Å². The van der Waals surface area contributed by atoms with E-state index in [0.717, 1.165) is 61.8 Å². The highest BCUT2D eigenvalue weighted by Crippen LogP contribution is 2.33. The van der Waals surface area contributed by atoms with Crippen molar-refractivity contribution >= 4 is 11.3 Å². The van der Waals surface area contributed by atoms with Gasteiger partial charge in [-0.3, -0.25) is 4.90 Å². The predicted octanol–water partition coefficient (Wildman–Crippen LogP) is 4.16. The third-order valence-electron chi connectivity index (χ3n) is 4.91. The van der Waals surface area contributed by atoms with Gasteiger partial charge in [0.15, 0.2) is 0 Å². The zero-order chi connectivity index (χ0) is 19.4. The highest BCUT2D eigenvalue weighted by atomic mass is 32.1. The Morgan fingerprint density at radius 2 is 1.70 bits per heavy atom. The lowest BCUT2D eigenvalue weighted by Crippen LogP contribution is -2.48. The standard InChI is InChI=1S/C20H26F3N3S/c1-15(14-26-11-9-25(2)10-12-26)24-13-18-7-8-19(27-18)16-3-5-17(6-4-16)20(21,22)23/h3-8,15,24H,9-14H2,1-2H3. The zero-order valence-corrected chi connectivity index (χ0v) is 16.5. The van der Waals surface area contributed by atoms with Crippen molar-refractivity contribution in [3.05, 3.63) is 46.8 Å². The molecule has 0 aliphatic carbocycles. The Balaban J connectivity index is 1.50. The van der Waals surface area contributed by atoms with Gasteiger partial charge in [0, 0.05) is 55.1 Å². The molecule has 1 aliphatic rings. The number of piperazine rings is 1. The molecule has 0 bridgehead atoms. The van der Waals surface area contributed by atoms with Crippen molar-refractivity contribution in [1.29, 1.82) is 0 Å². The Morgan fingerprint density at radius 3 is 2.33 bits per heavy atom. The molecular weight excluding hydrogens is 371 g/mol. The number of thiophene rings is 1. The monoisotopic (exact) mass is 397 g/mol. The van der Waals surface area contributed by atoms with Crippen LogP contribution in [0, 0.1) is 0 Å². The number of alkyl halides is 3. The second-order valence-electron chi connectivity index (χ2n) is 7.23. The number of halogens is 3. The highest BCUT2D eigenvalue weighted by molar-refractivity contribution is 7.15. The number of hydrogen-bond acceptors (Lipinski definition) is 4. The summed E-state index contributed by atoms with van der Waals surface area (Å²) in [6.45, 7) is 8.47. The molecule has 0 spiro atoms. The first kappa shape index (κ1) is 20.3. The molecule has 0 amide bonds. The third kappa shape index (κ3) is 5.78. The number of hydrogen-bond donors (Lipinski definition) is 1. The van der Waals surface area contributed by atoms with E-state index in [1.54, 1.807) is 23.5 Å². The van der Waals surface area contributed by atoms with Gasteiger partial charge in [0.05, 0.1) is 5.56 Å². The molecule has 1 aromatic carbocycles. The van der Waals surface area contributed by atoms with E-state index in [-0.39, 0.29) is 0 Å². The maximum absolute atomic E-state index is 12.7. The van der Waals surface area contributed by atoms with E-state index in [1.165, 1.54) is 4.88 Å². The van der Waals surface area contributed by atoms with Gasteiger partial charge in [0.25, 0.3) is 0 Å². The quantitative estimate of drug-likeness (QED) is 0.790. The van der Waals surface area contributed by atoms with Gasteiger partial charge in [-0.25, -0.2) is 0 Å². The fraction of sp³-hybridized carbons (Fsp3) is 0.500.